The fraction of sp³-hybridized carbons (Fsp3) is 0.441. The summed E-state index contributed by atoms with van der Waals surface area (Å²) in [5.74, 6) is -2.44. The van der Waals surface area contributed by atoms with E-state index in [2.05, 4.69) is 24.8 Å². The molecule has 6 atom stereocenters. The summed E-state index contributed by atoms with van der Waals surface area (Å²) < 4.78 is 4.68. The van der Waals surface area contributed by atoms with E-state index in [1.165, 1.54) is 11.8 Å². The van der Waals surface area contributed by atoms with Crippen molar-refractivity contribution in [3.8, 4) is 0 Å². The van der Waals surface area contributed by atoms with Crippen LogP contribution < -0.4 is 9.80 Å². The standard InChI is InChI=1S/C34H39N3O5S/c1-3-35(4-2)24-15-17-25(18-16-24)36-20-11-19-34-29(28-27(43-34)14-9-6-10-21-42-33(28)41)31(39)37(30(34)32(36)40)26(22-38)23-12-7-5-8-13-23/h5,7-9,11-19,26-30,38H,3-4,6,10,20-22H2,1-2H3/b14-9-/t26-,27-,28+,29+,30?,34+/m1/s1. The van der Waals surface area contributed by atoms with Gasteiger partial charge in [0.15, 0.2) is 0 Å². The number of ether oxygens (including phenoxy) is 1. The van der Waals surface area contributed by atoms with Gasteiger partial charge in [0.25, 0.3) is 5.91 Å². The third-order valence-corrected chi connectivity index (χ3v) is 11.0. The number of thioether (sulfide) groups is 1. The molecule has 1 spiro atoms. The summed E-state index contributed by atoms with van der Waals surface area (Å²) in [6, 6.07) is 15.6. The number of aliphatic hydroxyl groups is 1. The Bertz CT molecular complexity index is 1410. The van der Waals surface area contributed by atoms with Crippen molar-refractivity contribution in [1.29, 1.82) is 0 Å². The largest absolute Gasteiger partial charge is 0.465 e. The van der Waals surface area contributed by atoms with Crippen molar-refractivity contribution >= 4 is 40.9 Å². The van der Waals surface area contributed by atoms with E-state index < -0.39 is 34.6 Å². The minimum Gasteiger partial charge on any atom is -0.465 e. The lowest BCUT2D eigenvalue weighted by atomic mass is 9.78. The number of rotatable bonds is 7. The molecule has 4 heterocycles. The molecule has 0 bridgehead atoms. The number of benzene rings is 2. The first-order valence-electron chi connectivity index (χ1n) is 15.3. The molecule has 2 fully saturated rings. The Morgan fingerprint density at radius 2 is 1.77 bits per heavy atom. The van der Waals surface area contributed by atoms with E-state index in [0.29, 0.717) is 13.2 Å². The van der Waals surface area contributed by atoms with E-state index in [9.17, 15) is 19.5 Å². The molecule has 6 rings (SSSR count). The fourth-order valence-electron chi connectivity index (χ4n) is 7.22. The van der Waals surface area contributed by atoms with E-state index in [-0.39, 0.29) is 23.7 Å². The lowest BCUT2D eigenvalue weighted by Gasteiger charge is -2.38. The molecule has 2 aromatic carbocycles. The molecule has 2 saturated heterocycles. The van der Waals surface area contributed by atoms with Gasteiger partial charge in [-0.2, -0.15) is 0 Å². The second-order valence-corrected chi connectivity index (χ2v) is 13.0. The molecule has 1 unspecified atom stereocenters. The number of carbonyl (C=O) groups excluding carboxylic acids is 3. The van der Waals surface area contributed by atoms with Gasteiger partial charge in [-0.1, -0.05) is 54.6 Å². The number of carbonyl (C=O) groups is 3. The summed E-state index contributed by atoms with van der Waals surface area (Å²) in [6.45, 7) is 6.26. The minimum atomic E-state index is -0.996. The maximum absolute atomic E-state index is 14.8. The molecule has 0 aliphatic carbocycles. The van der Waals surface area contributed by atoms with E-state index in [1.807, 2.05) is 72.8 Å². The second-order valence-electron chi connectivity index (χ2n) is 11.5. The van der Waals surface area contributed by atoms with Gasteiger partial charge in [-0.3, -0.25) is 14.4 Å². The number of allylic oxidation sites excluding steroid dienone is 1. The third-order valence-electron chi connectivity index (χ3n) is 9.27. The van der Waals surface area contributed by atoms with Crippen molar-refractivity contribution in [2.45, 2.75) is 48.8 Å². The highest BCUT2D eigenvalue weighted by Crippen LogP contribution is 2.62. The smallest absolute Gasteiger partial charge is 0.311 e. The van der Waals surface area contributed by atoms with Gasteiger partial charge in [-0.25, -0.2) is 0 Å². The van der Waals surface area contributed by atoms with Crippen LogP contribution in [0, 0.1) is 11.8 Å². The first-order valence-corrected chi connectivity index (χ1v) is 16.2. The fourth-order valence-corrected chi connectivity index (χ4v) is 9.21. The Kier molecular flexibility index (Phi) is 8.38. The number of cyclic esters (lactones) is 1. The molecule has 43 heavy (non-hydrogen) atoms. The molecule has 0 radical (unpaired) electrons. The summed E-state index contributed by atoms with van der Waals surface area (Å²) in [6.07, 6.45) is 9.55. The van der Waals surface area contributed by atoms with Crippen molar-refractivity contribution in [2.75, 3.05) is 42.6 Å². The number of anilines is 2. The van der Waals surface area contributed by atoms with Crippen molar-refractivity contribution in [2.24, 2.45) is 11.8 Å². The number of nitrogens with zero attached hydrogens (tertiary/aromatic N) is 3. The topological polar surface area (TPSA) is 90.4 Å². The highest BCUT2D eigenvalue weighted by atomic mass is 32.2. The van der Waals surface area contributed by atoms with Gasteiger partial charge in [0, 0.05) is 36.3 Å². The summed E-state index contributed by atoms with van der Waals surface area (Å²) in [4.78, 5) is 48.6. The van der Waals surface area contributed by atoms with Crippen LogP contribution in [0.5, 0.6) is 0 Å². The molecule has 8 nitrogen and oxygen atoms in total. The number of amides is 2. The van der Waals surface area contributed by atoms with Gasteiger partial charge in [-0.15, -0.1) is 11.8 Å². The molecule has 0 saturated carbocycles. The SMILES string of the molecule is CCN(CC)c1ccc(N2CC=C[C@]34S[C@@H]5/C=C\CCCOC(=O)[C@@H]5[C@H]3C(=O)N([C@H](CO)c3ccccc3)C4C2=O)cc1. The quantitative estimate of drug-likeness (QED) is 0.373. The van der Waals surface area contributed by atoms with Crippen LogP contribution in [0.25, 0.3) is 0 Å². The van der Waals surface area contributed by atoms with Gasteiger partial charge >= 0.3 is 5.97 Å². The zero-order valence-corrected chi connectivity index (χ0v) is 25.5. The number of hydrogen-bond acceptors (Lipinski definition) is 7. The molecule has 226 valence electrons. The molecular formula is C34H39N3O5S. The summed E-state index contributed by atoms with van der Waals surface area (Å²) >= 11 is 1.52. The van der Waals surface area contributed by atoms with Crippen LogP contribution in [0.4, 0.5) is 11.4 Å². The number of hydrogen-bond donors (Lipinski definition) is 1. The lowest BCUT2D eigenvalue weighted by Crippen LogP contribution is -2.54. The third kappa shape index (κ3) is 4.96. The van der Waals surface area contributed by atoms with Gasteiger partial charge in [0.05, 0.1) is 35.8 Å². The normalized spacial score (nSPS) is 29.9. The van der Waals surface area contributed by atoms with Crippen molar-refractivity contribution < 1.29 is 24.2 Å². The van der Waals surface area contributed by atoms with Crippen molar-refractivity contribution in [3.05, 3.63) is 84.5 Å². The average Bonchev–Trinajstić information content (AvgIpc) is 3.44. The lowest BCUT2D eigenvalue weighted by molar-refractivity contribution is -0.153. The number of likely N-dealkylation sites (tertiary alicyclic amines) is 1. The van der Waals surface area contributed by atoms with E-state index in [4.69, 9.17) is 4.74 Å². The van der Waals surface area contributed by atoms with E-state index in [1.54, 1.807) is 9.80 Å². The molecule has 1 N–H and O–H groups in total. The molecule has 4 aliphatic heterocycles. The number of aliphatic hydroxyl groups excluding tert-OH is 1. The minimum absolute atomic E-state index is 0.220. The zero-order valence-electron chi connectivity index (χ0n) is 24.7. The van der Waals surface area contributed by atoms with Crippen molar-refractivity contribution in [1.82, 2.24) is 4.90 Å². The second kappa shape index (κ2) is 12.2. The van der Waals surface area contributed by atoms with Gasteiger partial charge in [-0.05, 0) is 56.5 Å². The van der Waals surface area contributed by atoms with E-state index in [0.717, 1.165) is 42.9 Å². The monoisotopic (exact) mass is 601 g/mol. The van der Waals surface area contributed by atoms with Crippen LogP contribution in [0.2, 0.25) is 0 Å². The summed E-state index contributed by atoms with van der Waals surface area (Å²) in [7, 11) is 0. The highest BCUT2D eigenvalue weighted by Gasteiger charge is 2.71. The zero-order chi connectivity index (χ0) is 30.1. The predicted octanol–water partition coefficient (Wildman–Crippen LogP) is 4.36. The van der Waals surface area contributed by atoms with Crippen LogP contribution in [0.3, 0.4) is 0 Å². The van der Waals surface area contributed by atoms with E-state index >= 15 is 0 Å². The van der Waals surface area contributed by atoms with Gasteiger partial charge in [0.2, 0.25) is 5.91 Å². The average molecular weight is 602 g/mol. The Balaban J connectivity index is 1.46. The van der Waals surface area contributed by atoms with Crippen LogP contribution >= 0.6 is 11.8 Å². The maximum atomic E-state index is 14.8. The first kappa shape index (κ1) is 29.5. The molecule has 4 aliphatic rings. The molecule has 9 heteroatoms. The predicted molar refractivity (Wildman–Crippen MR) is 169 cm³/mol. The molecular weight excluding hydrogens is 562 g/mol. The number of esters is 1. The Hall–Kier alpha value is -3.56. The Morgan fingerprint density at radius 3 is 2.47 bits per heavy atom. The maximum Gasteiger partial charge on any atom is 0.311 e. The highest BCUT2D eigenvalue weighted by molar-refractivity contribution is 8.02. The van der Waals surface area contributed by atoms with Crippen molar-refractivity contribution in [3.63, 3.8) is 0 Å². The van der Waals surface area contributed by atoms with Crippen LogP contribution in [-0.2, 0) is 19.1 Å². The Labute approximate surface area is 257 Å². The Morgan fingerprint density at radius 1 is 1.02 bits per heavy atom. The van der Waals surface area contributed by atoms with Crippen LogP contribution in [-0.4, -0.2) is 76.7 Å². The molecule has 2 amide bonds. The molecule has 2 aromatic rings. The first-order chi connectivity index (χ1) is 20.9. The van der Waals surface area contributed by atoms with Crippen LogP contribution in [0.1, 0.15) is 38.3 Å². The number of fused-ring (bicyclic) bond motifs is 2. The summed E-state index contributed by atoms with van der Waals surface area (Å²) in [5.41, 5.74) is 2.56. The van der Waals surface area contributed by atoms with Gasteiger partial charge < -0.3 is 24.5 Å². The van der Waals surface area contributed by atoms with Gasteiger partial charge in [0.1, 0.15) is 6.04 Å². The summed E-state index contributed by atoms with van der Waals surface area (Å²) in [5, 5.41) is 10.4. The van der Waals surface area contributed by atoms with Crippen LogP contribution in [0.15, 0.2) is 78.9 Å². The molecule has 0 aromatic heterocycles.